The van der Waals surface area contributed by atoms with Crippen LogP contribution >= 0.6 is 0 Å². The minimum atomic E-state index is -1.49. The number of hydrogen-bond acceptors (Lipinski definition) is 5. The largest absolute Gasteiger partial charge is 0.468 e. The molecule has 0 amide bonds. The molecule has 0 saturated carbocycles. The summed E-state index contributed by atoms with van der Waals surface area (Å²) >= 11 is 0. The highest BCUT2D eigenvalue weighted by atomic mass is 19.1. The molecule has 0 aliphatic rings. The maximum atomic E-state index is 13.7. The Hall–Kier alpha value is -2.42. The average molecular weight is 251 g/mol. The van der Waals surface area contributed by atoms with E-state index in [2.05, 4.69) is 9.47 Å². The minimum absolute atomic E-state index is 0.0877. The maximum absolute atomic E-state index is 13.7. The van der Waals surface area contributed by atoms with E-state index in [0.717, 1.165) is 20.3 Å². The molecule has 0 heterocycles. The number of esters is 2. The van der Waals surface area contributed by atoms with Crippen LogP contribution in [0.3, 0.4) is 0 Å². The zero-order chi connectivity index (χ0) is 13.7. The quantitative estimate of drug-likeness (QED) is 0.594. The summed E-state index contributed by atoms with van der Waals surface area (Å²) in [6, 6.07) is 5.18. The van der Waals surface area contributed by atoms with Crippen LogP contribution in [0.1, 0.15) is 17.0 Å². The normalized spacial score (nSPS) is 9.72. The van der Waals surface area contributed by atoms with Gasteiger partial charge in [0.25, 0.3) is 0 Å². The van der Waals surface area contributed by atoms with E-state index in [-0.39, 0.29) is 11.1 Å². The van der Waals surface area contributed by atoms with E-state index in [1.54, 1.807) is 6.07 Å². The van der Waals surface area contributed by atoms with Crippen molar-refractivity contribution >= 4 is 11.9 Å². The average Bonchev–Trinajstić information content (AvgIpc) is 2.39. The van der Waals surface area contributed by atoms with Crippen LogP contribution in [-0.2, 0) is 19.1 Å². The number of methoxy groups -OCH3 is 2. The van der Waals surface area contributed by atoms with Crippen LogP contribution in [0.5, 0.6) is 0 Å². The third kappa shape index (κ3) is 2.63. The van der Waals surface area contributed by atoms with Crippen molar-refractivity contribution in [2.24, 2.45) is 0 Å². The molecule has 0 radical (unpaired) electrons. The van der Waals surface area contributed by atoms with E-state index >= 15 is 0 Å². The van der Waals surface area contributed by atoms with Crippen molar-refractivity contribution in [2.45, 2.75) is 5.92 Å². The molecule has 0 unspecified atom stereocenters. The van der Waals surface area contributed by atoms with Crippen molar-refractivity contribution in [1.29, 1.82) is 5.26 Å². The third-order valence-corrected chi connectivity index (χ3v) is 2.31. The molecular weight excluding hydrogens is 241 g/mol. The number of nitriles is 1. The van der Waals surface area contributed by atoms with Crippen LogP contribution in [0.2, 0.25) is 0 Å². The summed E-state index contributed by atoms with van der Waals surface area (Å²) in [5.74, 6) is -4.18. The van der Waals surface area contributed by atoms with Gasteiger partial charge in [-0.2, -0.15) is 5.26 Å². The highest BCUT2D eigenvalue weighted by Crippen LogP contribution is 2.23. The molecule has 94 valence electrons. The fraction of sp³-hybridized carbons (Fsp3) is 0.250. The molecule has 18 heavy (non-hydrogen) atoms. The van der Waals surface area contributed by atoms with Crippen LogP contribution in [0.25, 0.3) is 0 Å². The second-order valence-corrected chi connectivity index (χ2v) is 3.33. The first-order valence-corrected chi connectivity index (χ1v) is 4.90. The van der Waals surface area contributed by atoms with E-state index in [4.69, 9.17) is 5.26 Å². The molecule has 0 aromatic heterocycles. The maximum Gasteiger partial charge on any atom is 0.324 e. The van der Waals surface area contributed by atoms with Gasteiger partial charge in [0.15, 0.2) is 5.92 Å². The first-order chi connectivity index (χ1) is 8.54. The Bertz CT molecular complexity index is 505. The lowest BCUT2D eigenvalue weighted by Gasteiger charge is -2.13. The van der Waals surface area contributed by atoms with Crippen LogP contribution in [0, 0.1) is 17.1 Å². The van der Waals surface area contributed by atoms with Crippen LogP contribution in [0.15, 0.2) is 18.2 Å². The topological polar surface area (TPSA) is 76.4 Å². The smallest absolute Gasteiger partial charge is 0.324 e. The van der Waals surface area contributed by atoms with E-state index in [1.807, 2.05) is 0 Å². The molecule has 0 aliphatic heterocycles. The van der Waals surface area contributed by atoms with Gasteiger partial charge in [0.05, 0.1) is 25.9 Å². The molecule has 6 heteroatoms. The standard InChI is InChI=1S/C12H10FNO4/c1-17-11(15)10(12(16)18-2)8-4-3-7(6-14)5-9(8)13/h3-5,10H,1-2H3. The van der Waals surface area contributed by atoms with Gasteiger partial charge in [-0.1, -0.05) is 6.07 Å². The highest BCUT2D eigenvalue weighted by molar-refractivity contribution is 6.00. The molecule has 0 atom stereocenters. The number of ether oxygens (including phenoxy) is 2. The van der Waals surface area contributed by atoms with Crippen molar-refractivity contribution in [3.05, 3.63) is 35.1 Å². The predicted octanol–water partition coefficient (Wildman–Crippen LogP) is 1.13. The lowest BCUT2D eigenvalue weighted by molar-refractivity contribution is -0.154. The Labute approximate surface area is 103 Å². The Balaban J connectivity index is 3.26. The van der Waals surface area contributed by atoms with E-state index in [9.17, 15) is 14.0 Å². The van der Waals surface area contributed by atoms with Crippen molar-refractivity contribution in [3.63, 3.8) is 0 Å². The second-order valence-electron chi connectivity index (χ2n) is 3.33. The first-order valence-electron chi connectivity index (χ1n) is 4.90. The Morgan fingerprint density at radius 2 is 1.83 bits per heavy atom. The van der Waals surface area contributed by atoms with Gasteiger partial charge in [-0.3, -0.25) is 9.59 Å². The van der Waals surface area contributed by atoms with Crippen LogP contribution < -0.4 is 0 Å². The lowest BCUT2D eigenvalue weighted by atomic mass is 9.97. The van der Waals surface area contributed by atoms with Gasteiger partial charge < -0.3 is 9.47 Å². The van der Waals surface area contributed by atoms with Gasteiger partial charge in [-0.25, -0.2) is 4.39 Å². The molecule has 0 bridgehead atoms. The molecule has 0 spiro atoms. The monoisotopic (exact) mass is 251 g/mol. The fourth-order valence-corrected chi connectivity index (χ4v) is 1.42. The SMILES string of the molecule is COC(=O)C(C(=O)OC)c1ccc(C#N)cc1F. The predicted molar refractivity (Wildman–Crippen MR) is 57.9 cm³/mol. The zero-order valence-electron chi connectivity index (χ0n) is 9.77. The van der Waals surface area contributed by atoms with Gasteiger partial charge in [0.1, 0.15) is 5.82 Å². The molecule has 5 nitrogen and oxygen atoms in total. The van der Waals surface area contributed by atoms with Crippen molar-refractivity contribution in [3.8, 4) is 6.07 Å². The Morgan fingerprint density at radius 3 is 2.22 bits per heavy atom. The van der Waals surface area contributed by atoms with Gasteiger partial charge in [0.2, 0.25) is 0 Å². The number of halogens is 1. The summed E-state index contributed by atoms with van der Waals surface area (Å²) in [6.45, 7) is 0. The molecule has 1 aromatic carbocycles. The van der Waals surface area contributed by atoms with E-state index in [1.165, 1.54) is 12.1 Å². The van der Waals surface area contributed by atoms with Gasteiger partial charge in [-0.15, -0.1) is 0 Å². The molecular formula is C12H10FNO4. The number of nitrogens with zero attached hydrogens (tertiary/aromatic N) is 1. The van der Waals surface area contributed by atoms with Crippen molar-refractivity contribution < 1.29 is 23.5 Å². The first kappa shape index (κ1) is 13.6. The van der Waals surface area contributed by atoms with Gasteiger partial charge in [-0.05, 0) is 12.1 Å². The van der Waals surface area contributed by atoms with E-state index in [0.29, 0.717) is 0 Å². The number of carbonyl (C=O) groups is 2. The second kappa shape index (κ2) is 5.77. The third-order valence-electron chi connectivity index (χ3n) is 2.31. The summed E-state index contributed by atoms with van der Waals surface area (Å²) in [5.41, 5.74) is -0.0996. The summed E-state index contributed by atoms with van der Waals surface area (Å²) in [7, 11) is 2.17. The van der Waals surface area contributed by atoms with Crippen LogP contribution in [-0.4, -0.2) is 26.2 Å². The van der Waals surface area contributed by atoms with Crippen molar-refractivity contribution in [1.82, 2.24) is 0 Å². The molecule has 0 fully saturated rings. The van der Waals surface area contributed by atoms with Gasteiger partial charge >= 0.3 is 11.9 Å². The highest BCUT2D eigenvalue weighted by Gasteiger charge is 2.32. The van der Waals surface area contributed by atoms with Gasteiger partial charge in [0, 0.05) is 5.56 Å². The minimum Gasteiger partial charge on any atom is -0.468 e. The summed E-state index contributed by atoms with van der Waals surface area (Å²) in [6.07, 6.45) is 0. The Kier molecular flexibility index (Phi) is 4.38. The zero-order valence-corrected chi connectivity index (χ0v) is 9.77. The molecule has 0 saturated heterocycles. The number of rotatable bonds is 3. The Morgan fingerprint density at radius 1 is 1.28 bits per heavy atom. The van der Waals surface area contributed by atoms with Crippen LogP contribution in [0.4, 0.5) is 4.39 Å². The molecule has 0 aliphatic carbocycles. The molecule has 1 rings (SSSR count). The lowest BCUT2D eigenvalue weighted by Crippen LogP contribution is -2.25. The number of benzene rings is 1. The van der Waals surface area contributed by atoms with E-state index < -0.39 is 23.7 Å². The number of hydrogen-bond donors (Lipinski definition) is 0. The molecule has 1 aromatic rings. The summed E-state index contributed by atoms with van der Waals surface area (Å²) < 4.78 is 22.6. The summed E-state index contributed by atoms with van der Waals surface area (Å²) in [4.78, 5) is 22.9. The fourth-order valence-electron chi connectivity index (χ4n) is 1.42. The number of carbonyl (C=O) groups excluding carboxylic acids is 2. The van der Waals surface area contributed by atoms with Crippen molar-refractivity contribution in [2.75, 3.05) is 14.2 Å². The molecule has 0 N–H and O–H groups in total. The summed E-state index contributed by atoms with van der Waals surface area (Å²) in [5, 5.41) is 8.60.